The molecule has 0 saturated carbocycles. The SMILES string of the molecule is C=CCNc1nnc(SC(C)c2ccccc2Cl)s1. The van der Waals surface area contributed by atoms with Gasteiger partial charge in [0.25, 0.3) is 0 Å². The molecule has 1 aromatic carbocycles. The zero-order chi connectivity index (χ0) is 13.7. The first-order chi connectivity index (χ1) is 9.20. The van der Waals surface area contributed by atoms with Gasteiger partial charge in [-0.1, -0.05) is 59.0 Å². The summed E-state index contributed by atoms with van der Waals surface area (Å²) in [6.07, 6.45) is 1.79. The molecule has 2 rings (SSSR count). The van der Waals surface area contributed by atoms with E-state index in [-0.39, 0.29) is 5.25 Å². The zero-order valence-corrected chi connectivity index (χ0v) is 12.9. The van der Waals surface area contributed by atoms with E-state index in [1.165, 1.54) is 0 Å². The summed E-state index contributed by atoms with van der Waals surface area (Å²) >= 11 is 9.39. The van der Waals surface area contributed by atoms with Gasteiger partial charge in [0.05, 0.1) is 0 Å². The Morgan fingerprint density at radius 1 is 1.47 bits per heavy atom. The molecule has 0 saturated heterocycles. The second-order valence-electron chi connectivity index (χ2n) is 3.82. The van der Waals surface area contributed by atoms with Gasteiger partial charge in [0.2, 0.25) is 5.13 Å². The molecule has 1 unspecified atom stereocenters. The topological polar surface area (TPSA) is 37.8 Å². The summed E-state index contributed by atoms with van der Waals surface area (Å²) in [7, 11) is 0. The number of hydrogen-bond donors (Lipinski definition) is 1. The van der Waals surface area contributed by atoms with Gasteiger partial charge in [0, 0.05) is 16.8 Å². The Bertz CT molecular complexity index is 556. The molecular formula is C13H14ClN3S2. The van der Waals surface area contributed by atoms with E-state index in [1.807, 2.05) is 24.3 Å². The molecule has 2 aromatic rings. The van der Waals surface area contributed by atoms with E-state index in [2.05, 4.69) is 29.0 Å². The average molecular weight is 312 g/mol. The van der Waals surface area contributed by atoms with Gasteiger partial charge in [-0.15, -0.1) is 16.8 Å². The monoisotopic (exact) mass is 311 g/mol. The molecule has 1 aromatic heterocycles. The summed E-state index contributed by atoms with van der Waals surface area (Å²) < 4.78 is 0.930. The van der Waals surface area contributed by atoms with Crippen molar-refractivity contribution in [1.82, 2.24) is 10.2 Å². The standard InChI is InChI=1S/C13H14ClN3S2/c1-3-8-15-12-16-17-13(19-12)18-9(2)10-6-4-5-7-11(10)14/h3-7,9H,1,8H2,2H3,(H,15,16). The molecular weight excluding hydrogens is 298 g/mol. The predicted molar refractivity (Wildman–Crippen MR) is 84.3 cm³/mol. The van der Waals surface area contributed by atoms with E-state index >= 15 is 0 Å². The molecule has 100 valence electrons. The highest BCUT2D eigenvalue weighted by atomic mass is 35.5. The maximum absolute atomic E-state index is 6.19. The molecule has 0 spiro atoms. The van der Waals surface area contributed by atoms with E-state index in [0.717, 1.165) is 20.1 Å². The predicted octanol–water partition coefficient (Wildman–Crippen LogP) is 4.64. The molecule has 0 amide bonds. The third kappa shape index (κ3) is 3.96. The van der Waals surface area contributed by atoms with Gasteiger partial charge in [0.1, 0.15) is 0 Å². The number of nitrogens with zero attached hydrogens (tertiary/aromatic N) is 2. The normalized spacial score (nSPS) is 12.1. The molecule has 0 bridgehead atoms. The number of halogens is 1. The van der Waals surface area contributed by atoms with Crippen LogP contribution in [0.15, 0.2) is 41.3 Å². The maximum Gasteiger partial charge on any atom is 0.206 e. The van der Waals surface area contributed by atoms with Gasteiger partial charge in [-0.05, 0) is 18.6 Å². The highest BCUT2D eigenvalue weighted by Gasteiger charge is 2.13. The fourth-order valence-corrected chi connectivity index (χ4v) is 3.94. The highest BCUT2D eigenvalue weighted by molar-refractivity contribution is 8.01. The van der Waals surface area contributed by atoms with E-state index in [0.29, 0.717) is 6.54 Å². The zero-order valence-electron chi connectivity index (χ0n) is 10.5. The summed E-state index contributed by atoms with van der Waals surface area (Å²) in [5.74, 6) is 0. The quantitative estimate of drug-likeness (QED) is 0.623. The van der Waals surface area contributed by atoms with Crippen molar-refractivity contribution in [2.45, 2.75) is 16.5 Å². The summed E-state index contributed by atoms with van der Waals surface area (Å²) in [4.78, 5) is 0. The van der Waals surface area contributed by atoms with Crippen LogP contribution in [0, 0.1) is 0 Å². The Morgan fingerprint density at radius 3 is 3.00 bits per heavy atom. The summed E-state index contributed by atoms with van der Waals surface area (Å²) in [6.45, 7) is 6.46. The molecule has 0 aliphatic carbocycles. The van der Waals surface area contributed by atoms with Gasteiger partial charge in [-0.3, -0.25) is 0 Å². The fourth-order valence-electron chi connectivity index (χ4n) is 1.51. The van der Waals surface area contributed by atoms with Crippen LogP contribution in [0.3, 0.4) is 0 Å². The van der Waals surface area contributed by atoms with Crippen molar-refractivity contribution in [2.75, 3.05) is 11.9 Å². The minimum atomic E-state index is 0.244. The molecule has 0 radical (unpaired) electrons. The lowest BCUT2D eigenvalue weighted by atomic mass is 10.2. The number of hydrogen-bond acceptors (Lipinski definition) is 5. The lowest BCUT2D eigenvalue weighted by Gasteiger charge is -2.10. The van der Waals surface area contributed by atoms with Crippen molar-refractivity contribution in [3.63, 3.8) is 0 Å². The molecule has 0 aliphatic heterocycles. The first-order valence-corrected chi connectivity index (χ1v) is 7.87. The smallest absolute Gasteiger partial charge is 0.206 e. The second-order valence-corrected chi connectivity index (χ2v) is 6.80. The van der Waals surface area contributed by atoms with Gasteiger partial charge in [0.15, 0.2) is 4.34 Å². The second kappa shape index (κ2) is 6.93. The van der Waals surface area contributed by atoms with Gasteiger partial charge in [-0.2, -0.15) is 0 Å². The molecule has 19 heavy (non-hydrogen) atoms. The number of anilines is 1. The number of nitrogens with one attached hydrogen (secondary N) is 1. The van der Waals surface area contributed by atoms with Crippen LogP contribution < -0.4 is 5.32 Å². The van der Waals surface area contributed by atoms with Crippen LogP contribution in [-0.2, 0) is 0 Å². The molecule has 1 atom stereocenters. The Balaban J connectivity index is 2.02. The Labute approximate surface area is 126 Å². The average Bonchev–Trinajstić information content (AvgIpc) is 2.84. The van der Waals surface area contributed by atoms with Crippen LogP contribution in [0.25, 0.3) is 0 Å². The van der Waals surface area contributed by atoms with Gasteiger partial charge in [-0.25, -0.2) is 0 Å². The third-order valence-electron chi connectivity index (χ3n) is 2.42. The van der Waals surface area contributed by atoms with Crippen molar-refractivity contribution in [2.24, 2.45) is 0 Å². The molecule has 1 N–H and O–H groups in total. The van der Waals surface area contributed by atoms with E-state index in [9.17, 15) is 0 Å². The molecule has 0 aliphatic rings. The number of aromatic nitrogens is 2. The molecule has 0 fully saturated rings. The molecule has 3 nitrogen and oxygen atoms in total. The Morgan fingerprint density at radius 2 is 2.26 bits per heavy atom. The molecule has 6 heteroatoms. The summed E-state index contributed by atoms with van der Waals surface area (Å²) in [5.41, 5.74) is 1.12. The fraction of sp³-hybridized carbons (Fsp3) is 0.231. The largest absolute Gasteiger partial charge is 0.357 e. The van der Waals surface area contributed by atoms with E-state index < -0.39 is 0 Å². The maximum atomic E-state index is 6.19. The van der Waals surface area contributed by atoms with Crippen molar-refractivity contribution < 1.29 is 0 Å². The molecule has 1 heterocycles. The van der Waals surface area contributed by atoms with Crippen LogP contribution in [0.5, 0.6) is 0 Å². The third-order valence-corrected chi connectivity index (χ3v) is 4.87. The summed E-state index contributed by atoms with van der Waals surface area (Å²) in [5, 5.41) is 13.2. The van der Waals surface area contributed by atoms with Gasteiger partial charge < -0.3 is 5.32 Å². The number of benzene rings is 1. The Kier molecular flexibility index (Phi) is 5.24. The minimum absolute atomic E-state index is 0.244. The van der Waals surface area contributed by atoms with E-state index in [4.69, 9.17) is 11.6 Å². The minimum Gasteiger partial charge on any atom is -0.357 e. The van der Waals surface area contributed by atoms with Crippen molar-refractivity contribution in [3.05, 3.63) is 47.5 Å². The highest BCUT2D eigenvalue weighted by Crippen LogP contribution is 2.39. The summed E-state index contributed by atoms with van der Waals surface area (Å²) in [6, 6.07) is 7.88. The first-order valence-electron chi connectivity index (χ1n) is 5.80. The van der Waals surface area contributed by atoms with Crippen LogP contribution in [0.2, 0.25) is 5.02 Å². The number of rotatable bonds is 6. The van der Waals surface area contributed by atoms with Crippen LogP contribution >= 0.6 is 34.7 Å². The van der Waals surface area contributed by atoms with Crippen molar-refractivity contribution in [1.29, 1.82) is 0 Å². The lowest BCUT2D eigenvalue weighted by molar-refractivity contribution is 0.996. The van der Waals surface area contributed by atoms with Crippen molar-refractivity contribution in [3.8, 4) is 0 Å². The van der Waals surface area contributed by atoms with Gasteiger partial charge >= 0.3 is 0 Å². The number of thioether (sulfide) groups is 1. The van der Waals surface area contributed by atoms with E-state index in [1.54, 1.807) is 29.2 Å². The first kappa shape index (κ1) is 14.4. The van der Waals surface area contributed by atoms with Crippen LogP contribution in [0.4, 0.5) is 5.13 Å². The van der Waals surface area contributed by atoms with Crippen molar-refractivity contribution >= 4 is 39.8 Å². The van der Waals surface area contributed by atoms with Crippen LogP contribution in [-0.4, -0.2) is 16.7 Å². The Hall–Kier alpha value is -1.04. The van der Waals surface area contributed by atoms with Crippen LogP contribution in [0.1, 0.15) is 17.7 Å². The lowest BCUT2D eigenvalue weighted by Crippen LogP contribution is -1.96.